The standard InChI is InChI=1S/C24H22N2O4/c27-17-11-13-25(23(29)15-7-3-1-4-8-15)21-19(17)22-20(21)18(28)12-14-26(22)24(30)16-9-5-2-6-10-16/h1-10,19-22H,11-14H2. The van der Waals surface area contributed by atoms with Gasteiger partial charge in [0.25, 0.3) is 11.8 Å². The number of ketones is 2. The molecule has 0 unspecified atom stereocenters. The maximum atomic E-state index is 13.1. The average Bonchev–Trinajstić information content (AvgIpc) is 2.77. The predicted molar refractivity (Wildman–Crippen MR) is 109 cm³/mol. The highest BCUT2D eigenvalue weighted by Crippen LogP contribution is 2.48. The van der Waals surface area contributed by atoms with E-state index in [0.29, 0.717) is 24.2 Å². The van der Waals surface area contributed by atoms with Gasteiger partial charge >= 0.3 is 0 Å². The maximum absolute atomic E-state index is 13.1. The lowest BCUT2D eigenvalue weighted by molar-refractivity contribution is -0.162. The lowest BCUT2D eigenvalue weighted by atomic mass is 9.56. The first-order chi connectivity index (χ1) is 14.6. The molecule has 2 aromatic rings. The van der Waals surface area contributed by atoms with Crippen LogP contribution in [0.2, 0.25) is 0 Å². The second kappa shape index (κ2) is 7.20. The third kappa shape index (κ3) is 2.78. The van der Waals surface area contributed by atoms with E-state index in [-0.39, 0.29) is 36.2 Å². The van der Waals surface area contributed by atoms with Crippen LogP contribution in [0.3, 0.4) is 0 Å². The van der Waals surface area contributed by atoms with Crippen molar-refractivity contribution in [2.75, 3.05) is 13.1 Å². The molecule has 3 fully saturated rings. The summed E-state index contributed by atoms with van der Waals surface area (Å²) in [6.07, 6.45) is 0.509. The molecule has 2 aromatic carbocycles. The fourth-order valence-corrected chi connectivity index (χ4v) is 5.30. The van der Waals surface area contributed by atoms with E-state index < -0.39 is 23.9 Å². The third-order valence-corrected chi connectivity index (χ3v) is 6.70. The van der Waals surface area contributed by atoms with Crippen LogP contribution in [0.15, 0.2) is 60.7 Å². The quantitative estimate of drug-likeness (QED) is 0.772. The van der Waals surface area contributed by atoms with Crippen molar-refractivity contribution >= 4 is 23.4 Å². The van der Waals surface area contributed by atoms with Gasteiger partial charge < -0.3 is 9.80 Å². The van der Waals surface area contributed by atoms with E-state index in [1.165, 1.54) is 0 Å². The molecule has 2 amide bonds. The number of fused-ring (bicyclic) bond motifs is 4. The molecule has 0 N–H and O–H groups in total. The SMILES string of the molecule is O=C1CCN(C(=O)c2ccccc2)C2C1C1C2C(=O)CCN1C(=O)c1ccccc1. The molecular weight excluding hydrogens is 380 g/mol. The number of nitrogens with zero attached hydrogens (tertiary/aromatic N) is 2. The maximum Gasteiger partial charge on any atom is 0.254 e. The molecule has 2 aliphatic heterocycles. The van der Waals surface area contributed by atoms with Crippen molar-refractivity contribution in [3.8, 4) is 0 Å². The topological polar surface area (TPSA) is 74.8 Å². The summed E-state index contributed by atoms with van der Waals surface area (Å²) in [6, 6.07) is 17.0. The van der Waals surface area contributed by atoms with E-state index in [2.05, 4.69) is 0 Å². The summed E-state index contributed by atoms with van der Waals surface area (Å²) in [5.74, 6) is -1.22. The highest BCUT2D eigenvalue weighted by atomic mass is 16.2. The predicted octanol–water partition coefficient (Wildman–Crippen LogP) is 2.20. The van der Waals surface area contributed by atoms with Crippen LogP contribution >= 0.6 is 0 Å². The summed E-state index contributed by atoms with van der Waals surface area (Å²) < 4.78 is 0. The Hall–Kier alpha value is -3.28. The minimum Gasteiger partial charge on any atom is -0.334 e. The summed E-state index contributed by atoms with van der Waals surface area (Å²) in [5, 5.41) is 0. The molecule has 1 aliphatic carbocycles. The number of carbonyl (C=O) groups excluding carboxylic acids is 4. The van der Waals surface area contributed by atoms with E-state index >= 15 is 0 Å². The number of likely N-dealkylation sites (tertiary alicyclic amines) is 2. The zero-order valence-electron chi connectivity index (χ0n) is 16.4. The largest absolute Gasteiger partial charge is 0.334 e. The Balaban J connectivity index is 1.47. The van der Waals surface area contributed by atoms with Gasteiger partial charge in [0, 0.05) is 37.1 Å². The normalized spacial score (nSPS) is 27.7. The van der Waals surface area contributed by atoms with Gasteiger partial charge in [-0.3, -0.25) is 19.2 Å². The molecule has 6 heteroatoms. The van der Waals surface area contributed by atoms with Crippen LogP contribution in [-0.4, -0.2) is 58.4 Å². The zero-order valence-corrected chi connectivity index (χ0v) is 16.4. The van der Waals surface area contributed by atoms with Gasteiger partial charge in [-0.15, -0.1) is 0 Å². The second-order valence-corrected chi connectivity index (χ2v) is 8.19. The zero-order chi connectivity index (χ0) is 20.8. The minimum absolute atomic E-state index is 0.0407. The molecule has 0 radical (unpaired) electrons. The van der Waals surface area contributed by atoms with Crippen molar-refractivity contribution in [2.24, 2.45) is 11.8 Å². The molecule has 0 atom stereocenters. The van der Waals surface area contributed by atoms with E-state index in [9.17, 15) is 19.2 Å². The monoisotopic (exact) mass is 402 g/mol. The van der Waals surface area contributed by atoms with Crippen LogP contribution in [-0.2, 0) is 9.59 Å². The smallest absolute Gasteiger partial charge is 0.254 e. The number of hydrogen-bond acceptors (Lipinski definition) is 4. The van der Waals surface area contributed by atoms with Crippen molar-refractivity contribution in [3.05, 3.63) is 71.8 Å². The van der Waals surface area contributed by atoms with Crippen molar-refractivity contribution in [2.45, 2.75) is 24.9 Å². The Morgan fingerprint density at radius 2 is 1.00 bits per heavy atom. The van der Waals surface area contributed by atoms with Gasteiger partial charge in [0.1, 0.15) is 11.6 Å². The van der Waals surface area contributed by atoms with E-state index in [1.807, 2.05) is 12.1 Å². The molecule has 1 saturated carbocycles. The van der Waals surface area contributed by atoms with Crippen LogP contribution in [0.5, 0.6) is 0 Å². The molecule has 3 aliphatic rings. The van der Waals surface area contributed by atoms with Crippen LogP contribution in [0, 0.1) is 11.8 Å². The average molecular weight is 402 g/mol. The summed E-state index contributed by atoms with van der Waals surface area (Å²) in [4.78, 5) is 55.3. The first-order valence-electron chi connectivity index (χ1n) is 10.4. The van der Waals surface area contributed by atoms with Gasteiger partial charge in [0.05, 0.1) is 23.9 Å². The molecule has 6 nitrogen and oxygen atoms in total. The molecule has 30 heavy (non-hydrogen) atoms. The summed E-state index contributed by atoms with van der Waals surface area (Å²) >= 11 is 0. The molecule has 2 heterocycles. The first-order valence-corrected chi connectivity index (χ1v) is 10.4. The Morgan fingerprint density at radius 3 is 1.37 bits per heavy atom. The highest BCUT2D eigenvalue weighted by Gasteiger charge is 2.65. The fraction of sp³-hybridized carbons (Fsp3) is 0.333. The molecule has 2 saturated heterocycles. The van der Waals surface area contributed by atoms with Crippen molar-refractivity contribution in [3.63, 3.8) is 0 Å². The van der Waals surface area contributed by atoms with Gasteiger partial charge in [0.15, 0.2) is 0 Å². The van der Waals surface area contributed by atoms with E-state index in [0.717, 1.165) is 0 Å². The van der Waals surface area contributed by atoms with Gasteiger partial charge in [0.2, 0.25) is 0 Å². The van der Waals surface area contributed by atoms with Crippen molar-refractivity contribution in [1.29, 1.82) is 0 Å². The van der Waals surface area contributed by atoms with Crippen LogP contribution in [0.1, 0.15) is 33.6 Å². The lowest BCUT2D eigenvalue weighted by Crippen LogP contribution is -2.77. The number of carbonyl (C=O) groups is 4. The number of rotatable bonds is 2. The van der Waals surface area contributed by atoms with E-state index in [4.69, 9.17) is 0 Å². The number of piperidine rings is 2. The van der Waals surface area contributed by atoms with Gasteiger partial charge in [-0.25, -0.2) is 0 Å². The third-order valence-electron chi connectivity index (χ3n) is 6.70. The summed E-state index contributed by atoms with van der Waals surface area (Å²) in [5.41, 5.74) is 1.10. The Labute approximate surface area is 174 Å². The molecule has 0 aromatic heterocycles. The Kier molecular flexibility index (Phi) is 4.50. The van der Waals surface area contributed by atoms with Crippen LogP contribution in [0.25, 0.3) is 0 Å². The summed E-state index contributed by atoms with van der Waals surface area (Å²) in [7, 11) is 0. The first kappa shape index (κ1) is 18.7. The molecule has 5 rings (SSSR count). The number of amides is 2. The van der Waals surface area contributed by atoms with Crippen molar-refractivity contribution < 1.29 is 19.2 Å². The van der Waals surface area contributed by atoms with E-state index in [1.54, 1.807) is 58.3 Å². The lowest BCUT2D eigenvalue weighted by Gasteiger charge is -2.61. The fourth-order valence-electron chi connectivity index (χ4n) is 5.30. The molecular formula is C24H22N2O4. The summed E-state index contributed by atoms with van der Waals surface area (Å²) in [6.45, 7) is 0.633. The highest BCUT2D eigenvalue weighted by molar-refractivity contribution is 6.01. The second-order valence-electron chi connectivity index (χ2n) is 8.19. The van der Waals surface area contributed by atoms with Gasteiger partial charge in [-0.05, 0) is 24.3 Å². The number of hydrogen-bond donors (Lipinski definition) is 0. The molecule has 0 spiro atoms. The molecule has 0 bridgehead atoms. The van der Waals surface area contributed by atoms with Crippen LogP contribution in [0.4, 0.5) is 0 Å². The molecule has 152 valence electrons. The van der Waals surface area contributed by atoms with Crippen LogP contribution < -0.4 is 0 Å². The van der Waals surface area contributed by atoms with Crippen molar-refractivity contribution in [1.82, 2.24) is 9.80 Å². The Bertz CT molecular complexity index is 929. The Morgan fingerprint density at radius 1 is 0.633 bits per heavy atom. The van der Waals surface area contributed by atoms with Gasteiger partial charge in [-0.2, -0.15) is 0 Å². The van der Waals surface area contributed by atoms with Gasteiger partial charge in [-0.1, -0.05) is 36.4 Å². The number of Topliss-reactive ketones (excluding diaryl/α,β-unsaturated/α-hetero) is 2. The number of benzene rings is 2. The minimum atomic E-state index is -0.492.